The zero-order chi connectivity index (χ0) is 21.8. The summed E-state index contributed by atoms with van der Waals surface area (Å²) in [6.07, 6.45) is -20.1. The highest BCUT2D eigenvalue weighted by Crippen LogP contribution is 2.21. The summed E-state index contributed by atoms with van der Waals surface area (Å²) in [6.45, 7) is 0.464. The van der Waals surface area contributed by atoms with Gasteiger partial charge >= 0.3 is 5.97 Å². The summed E-state index contributed by atoms with van der Waals surface area (Å²) < 4.78 is 9.83. The van der Waals surface area contributed by atoms with Gasteiger partial charge in [0.15, 0.2) is 12.4 Å². The highest BCUT2D eigenvalue weighted by Gasteiger charge is 2.43. The van der Waals surface area contributed by atoms with Crippen LogP contribution in [0.1, 0.15) is 13.3 Å². The van der Waals surface area contributed by atoms with E-state index in [-0.39, 0.29) is 0 Å². The molecule has 1 aliphatic heterocycles. The summed E-state index contributed by atoms with van der Waals surface area (Å²) in [5, 5.41) is 95.4. The van der Waals surface area contributed by atoms with Crippen LogP contribution in [0.2, 0.25) is 0 Å². The third-order valence-electron chi connectivity index (χ3n) is 4.47. The third-order valence-corrected chi connectivity index (χ3v) is 4.47. The van der Waals surface area contributed by atoms with E-state index < -0.39 is 86.3 Å². The van der Waals surface area contributed by atoms with Gasteiger partial charge in [-0.25, -0.2) is 4.79 Å². The molecule has 0 radical (unpaired) electrons. The van der Waals surface area contributed by atoms with Crippen LogP contribution in [-0.4, -0.2) is 131 Å². The van der Waals surface area contributed by atoms with Crippen molar-refractivity contribution in [3.8, 4) is 0 Å². The Morgan fingerprint density at radius 3 is 2.00 bits per heavy atom. The molecule has 10 N–H and O–H groups in total. The van der Waals surface area contributed by atoms with Crippen LogP contribution in [0.5, 0.6) is 0 Å². The number of rotatable bonds is 10. The van der Waals surface area contributed by atoms with Crippen molar-refractivity contribution in [3.05, 3.63) is 0 Å². The van der Waals surface area contributed by atoms with Crippen molar-refractivity contribution in [1.82, 2.24) is 0 Å². The van der Waals surface area contributed by atoms with Crippen molar-refractivity contribution in [2.75, 3.05) is 6.61 Å². The Kier molecular flexibility index (Phi) is 9.58. The number of carbonyl (C=O) groups is 1. The topological polar surface area (TPSA) is 238 Å². The van der Waals surface area contributed by atoms with Crippen molar-refractivity contribution < 1.29 is 65.3 Å². The number of aliphatic hydroxyl groups excluding tert-OH is 9. The molecule has 1 rings (SSSR count). The Bertz CT molecular complexity index is 489. The maximum Gasteiger partial charge on any atom is 0.332 e. The van der Waals surface area contributed by atoms with Gasteiger partial charge in [0.25, 0.3) is 0 Å². The van der Waals surface area contributed by atoms with E-state index in [0.717, 1.165) is 6.92 Å². The fourth-order valence-corrected chi connectivity index (χ4v) is 2.59. The van der Waals surface area contributed by atoms with E-state index in [0.29, 0.717) is 0 Å². The Labute approximate surface area is 159 Å². The van der Waals surface area contributed by atoms with Gasteiger partial charge in [-0.15, -0.1) is 0 Å². The molecule has 0 bridgehead atoms. The number of ether oxygens (including phenoxy) is 2. The van der Waals surface area contributed by atoms with Gasteiger partial charge in [-0.1, -0.05) is 0 Å². The van der Waals surface area contributed by atoms with E-state index in [9.17, 15) is 50.8 Å². The number of hydrogen-bond donors (Lipinski definition) is 10. The van der Waals surface area contributed by atoms with Crippen LogP contribution in [0.25, 0.3) is 0 Å². The number of carboxylic acids is 1. The molecule has 1 heterocycles. The Hall–Kier alpha value is -0.970. The van der Waals surface area contributed by atoms with Gasteiger partial charge in [0.05, 0.1) is 18.8 Å². The zero-order valence-corrected chi connectivity index (χ0v) is 15.0. The lowest BCUT2D eigenvalue weighted by atomic mass is 9.96. The Morgan fingerprint density at radius 2 is 1.50 bits per heavy atom. The molecule has 0 saturated carbocycles. The van der Waals surface area contributed by atoms with Crippen LogP contribution in [0.15, 0.2) is 0 Å². The first-order valence-corrected chi connectivity index (χ1v) is 8.50. The second-order valence-corrected chi connectivity index (χ2v) is 6.71. The fraction of sp³-hybridized carbons (Fsp3) is 0.933. The summed E-state index contributed by atoms with van der Waals surface area (Å²) in [4.78, 5) is 11.3. The van der Waals surface area contributed by atoms with Gasteiger partial charge < -0.3 is 60.5 Å². The Morgan fingerprint density at radius 1 is 0.929 bits per heavy atom. The van der Waals surface area contributed by atoms with E-state index >= 15 is 0 Å². The summed E-state index contributed by atoms with van der Waals surface area (Å²) in [7, 11) is 0. The molecular weight excluding hydrogens is 388 g/mol. The third kappa shape index (κ3) is 6.27. The van der Waals surface area contributed by atoms with Crippen molar-refractivity contribution in [2.45, 2.75) is 80.7 Å². The van der Waals surface area contributed by atoms with E-state index in [2.05, 4.69) is 0 Å². The standard InChI is InChI=1S/C15H28O13/c1-4(16)8(18)11(21)9(19)5(17)2-6(14(24)25)27-3-7-10(20)12(22)13(23)15(26)28-7/h4-13,15-23,26H,2-3H2,1H3,(H,24,25)/t4-,5+,6+,7-,8+,9+,10-,11-,12+,13-,15-/m1/s1. The molecule has 11 atom stereocenters. The molecule has 0 spiro atoms. The molecule has 0 aliphatic carbocycles. The number of aliphatic carboxylic acids is 1. The average Bonchev–Trinajstić information content (AvgIpc) is 2.64. The van der Waals surface area contributed by atoms with Crippen LogP contribution in [0, 0.1) is 0 Å². The van der Waals surface area contributed by atoms with Crippen LogP contribution in [0.3, 0.4) is 0 Å². The van der Waals surface area contributed by atoms with Crippen molar-refractivity contribution in [3.63, 3.8) is 0 Å². The highest BCUT2D eigenvalue weighted by atomic mass is 16.6. The van der Waals surface area contributed by atoms with E-state index in [4.69, 9.17) is 14.6 Å². The normalized spacial score (nSPS) is 34.9. The SMILES string of the molecule is C[C@@H](O)[C@H](O)[C@@H](O)[C@@H](O)[C@@H](O)C[C@H](OC[C@H]1O[C@@H](O)[C@H](O)[C@@H](O)[C@@H]1O)C(=O)O. The lowest BCUT2D eigenvalue weighted by Crippen LogP contribution is -2.59. The molecule has 13 nitrogen and oxygen atoms in total. The first-order chi connectivity index (χ1) is 12.9. The van der Waals surface area contributed by atoms with Gasteiger partial charge in [0, 0.05) is 6.42 Å². The van der Waals surface area contributed by atoms with Crippen LogP contribution < -0.4 is 0 Å². The highest BCUT2D eigenvalue weighted by molar-refractivity contribution is 5.72. The predicted molar refractivity (Wildman–Crippen MR) is 86.6 cm³/mol. The summed E-state index contributed by atoms with van der Waals surface area (Å²) in [6, 6.07) is 0. The van der Waals surface area contributed by atoms with Crippen LogP contribution in [-0.2, 0) is 14.3 Å². The second-order valence-electron chi connectivity index (χ2n) is 6.71. The van der Waals surface area contributed by atoms with E-state index in [1.807, 2.05) is 0 Å². The van der Waals surface area contributed by atoms with Crippen molar-refractivity contribution in [1.29, 1.82) is 0 Å². The smallest absolute Gasteiger partial charge is 0.332 e. The maximum absolute atomic E-state index is 11.3. The van der Waals surface area contributed by atoms with Gasteiger partial charge in [0.2, 0.25) is 0 Å². The predicted octanol–water partition coefficient (Wildman–Crippen LogP) is -5.53. The lowest BCUT2D eigenvalue weighted by molar-refractivity contribution is -0.290. The minimum absolute atomic E-state index is 0.666. The van der Waals surface area contributed by atoms with Gasteiger partial charge in [-0.05, 0) is 6.92 Å². The quantitative estimate of drug-likeness (QED) is 0.160. The number of hydrogen-bond acceptors (Lipinski definition) is 12. The molecule has 1 saturated heterocycles. The maximum atomic E-state index is 11.3. The second kappa shape index (κ2) is 10.7. The summed E-state index contributed by atoms with van der Waals surface area (Å²) >= 11 is 0. The zero-order valence-electron chi connectivity index (χ0n) is 15.0. The van der Waals surface area contributed by atoms with Gasteiger partial charge in [-0.3, -0.25) is 0 Å². The van der Waals surface area contributed by atoms with Gasteiger partial charge in [-0.2, -0.15) is 0 Å². The number of carboxylic acid groups (broad SMARTS) is 1. The van der Waals surface area contributed by atoms with Crippen molar-refractivity contribution in [2.24, 2.45) is 0 Å². The average molecular weight is 416 g/mol. The molecule has 1 aliphatic rings. The molecule has 0 aromatic rings. The first kappa shape index (κ1) is 25.1. The number of aliphatic hydroxyl groups is 9. The van der Waals surface area contributed by atoms with E-state index in [1.165, 1.54) is 0 Å². The fourth-order valence-electron chi connectivity index (χ4n) is 2.59. The van der Waals surface area contributed by atoms with E-state index in [1.54, 1.807) is 0 Å². The minimum atomic E-state index is -2.01. The molecule has 0 amide bonds. The van der Waals surface area contributed by atoms with Crippen molar-refractivity contribution >= 4 is 5.97 Å². The first-order valence-electron chi connectivity index (χ1n) is 8.50. The molecule has 0 unspecified atom stereocenters. The largest absolute Gasteiger partial charge is 0.479 e. The molecule has 13 heteroatoms. The molecule has 28 heavy (non-hydrogen) atoms. The van der Waals surface area contributed by atoms with Crippen LogP contribution >= 0.6 is 0 Å². The monoisotopic (exact) mass is 416 g/mol. The van der Waals surface area contributed by atoms with Crippen LogP contribution in [0.4, 0.5) is 0 Å². The summed E-state index contributed by atoms with van der Waals surface area (Å²) in [5.41, 5.74) is 0. The molecule has 0 aromatic carbocycles. The lowest BCUT2D eigenvalue weighted by Gasteiger charge is -2.38. The molecule has 1 fully saturated rings. The molecular formula is C15H28O13. The summed E-state index contributed by atoms with van der Waals surface area (Å²) in [5.74, 6) is -1.58. The molecule has 166 valence electrons. The minimum Gasteiger partial charge on any atom is -0.479 e. The molecule has 0 aromatic heterocycles. The Balaban J connectivity index is 2.67. The van der Waals surface area contributed by atoms with Gasteiger partial charge in [0.1, 0.15) is 42.7 Å².